The molecule has 0 saturated carbocycles. The summed E-state index contributed by atoms with van der Waals surface area (Å²) >= 11 is 8.79. The molecule has 1 aromatic carbocycles. The van der Waals surface area contributed by atoms with Crippen molar-refractivity contribution in [3.63, 3.8) is 0 Å². The van der Waals surface area contributed by atoms with Crippen molar-refractivity contribution in [1.29, 1.82) is 5.26 Å². The van der Waals surface area contributed by atoms with Crippen LogP contribution in [-0.4, -0.2) is 9.55 Å². The van der Waals surface area contributed by atoms with Gasteiger partial charge in [0.1, 0.15) is 5.15 Å². The Labute approximate surface area is 114 Å². The first-order valence-corrected chi connectivity index (χ1v) is 5.92. The Kier molecular flexibility index (Phi) is 3.36. The molecular formula is C11H5BrClN3O2. The number of rotatable bonds is 1. The zero-order valence-corrected chi connectivity index (χ0v) is 11.1. The number of H-pyrrole nitrogens is 1. The molecule has 1 N–H and O–H groups in total. The van der Waals surface area contributed by atoms with Gasteiger partial charge in [0.05, 0.1) is 17.3 Å². The van der Waals surface area contributed by atoms with Gasteiger partial charge in [0.25, 0.3) is 5.56 Å². The second-order valence-electron chi connectivity index (χ2n) is 3.37. The van der Waals surface area contributed by atoms with Crippen molar-refractivity contribution in [1.82, 2.24) is 9.55 Å². The number of aromatic nitrogens is 2. The van der Waals surface area contributed by atoms with Crippen molar-refractivity contribution < 1.29 is 0 Å². The van der Waals surface area contributed by atoms with E-state index in [0.717, 1.165) is 10.6 Å². The molecule has 0 unspecified atom stereocenters. The summed E-state index contributed by atoms with van der Waals surface area (Å²) in [6, 6.07) is 7.61. The molecule has 2 aromatic rings. The molecule has 0 aliphatic heterocycles. The number of aromatic amines is 1. The molecule has 0 aliphatic carbocycles. The van der Waals surface area contributed by atoms with Gasteiger partial charge in [0, 0.05) is 10.5 Å². The number of hydrogen-bond acceptors (Lipinski definition) is 3. The molecule has 0 bridgehead atoms. The molecule has 1 aromatic heterocycles. The molecule has 0 amide bonds. The standard InChI is InChI=1S/C11H5BrClN3O2/c12-7-3-6(5-14)1-2-8(7)16-10(17)4-9(13)15-11(16)18/h1-4H,(H,15,18). The van der Waals surface area contributed by atoms with Crippen LogP contribution >= 0.6 is 27.5 Å². The Hall–Kier alpha value is -1.84. The van der Waals surface area contributed by atoms with Crippen LogP contribution in [0.3, 0.4) is 0 Å². The number of hydrogen-bond donors (Lipinski definition) is 1. The largest absolute Gasteiger partial charge is 0.334 e. The second kappa shape index (κ2) is 4.80. The van der Waals surface area contributed by atoms with E-state index in [2.05, 4.69) is 20.9 Å². The van der Waals surface area contributed by atoms with Gasteiger partial charge in [-0.3, -0.25) is 9.78 Å². The van der Waals surface area contributed by atoms with Crippen molar-refractivity contribution >= 4 is 27.5 Å². The van der Waals surface area contributed by atoms with Crippen molar-refractivity contribution in [2.45, 2.75) is 0 Å². The van der Waals surface area contributed by atoms with Gasteiger partial charge in [0.2, 0.25) is 0 Å². The molecule has 0 atom stereocenters. The maximum absolute atomic E-state index is 11.7. The number of nitriles is 1. The lowest BCUT2D eigenvalue weighted by atomic mass is 10.2. The first kappa shape index (κ1) is 12.6. The van der Waals surface area contributed by atoms with Gasteiger partial charge in [-0.2, -0.15) is 5.26 Å². The van der Waals surface area contributed by atoms with E-state index in [9.17, 15) is 9.59 Å². The van der Waals surface area contributed by atoms with Crippen LogP contribution in [0, 0.1) is 11.3 Å². The Morgan fingerprint density at radius 3 is 2.61 bits per heavy atom. The van der Waals surface area contributed by atoms with Crippen LogP contribution in [0.25, 0.3) is 5.69 Å². The van der Waals surface area contributed by atoms with Crippen LogP contribution in [-0.2, 0) is 0 Å². The zero-order valence-electron chi connectivity index (χ0n) is 8.78. The predicted octanol–water partition coefficient (Wildman–Crippen LogP) is 1.81. The number of nitrogens with zero attached hydrogens (tertiary/aromatic N) is 2. The molecule has 90 valence electrons. The molecule has 2 rings (SSSR count). The monoisotopic (exact) mass is 325 g/mol. The van der Waals surface area contributed by atoms with Crippen molar-refractivity contribution in [2.75, 3.05) is 0 Å². The molecule has 18 heavy (non-hydrogen) atoms. The van der Waals surface area contributed by atoms with Crippen molar-refractivity contribution in [3.8, 4) is 11.8 Å². The molecular weight excluding hydrogens is 321 g/mol. The van der Waals surface area contributed by atoms with E-state index in [1.54, 1.807) is 0 Å². The summed E-state index contributed by atoms with van der Waals surface area (Å²) < 4.78 is 1.40. The maximum Gasteiger partial charge on any atom is 0.334 e. The summed E-state index contributed by atoms with van der Waals surface area (Å²) in [5.41, 5.74) is -0.423. The van der Waals surface area contributed by atoms with E-state index in [0.29, 0.717) is 15.7 Å². The lowest BCUT2D eigenvalue weighted by molar-refractivity contribution is 0.872. The Morgan fingerprint density at radius 2 is 2.06 bits per heavy atom. The summed E-state index contributed by atoms with van der Waals surface area (Å²) in [5, 5.41) is 8.72. The van der Waals surface area contributed by atoms with E-state index < -0.39 is 11.2 Å². The molecule has 0 saturated heterocycles. The molecule has 0 aliphatic rings. The molecule has 5 nitrogen and oxygen atoms in total. The number of nitrogens with one attached hydrogen (secondary N) is 1. The zero-order chi connectivity index (χ0) is 13.3. The molecule has 0 radical (unpaired) electrons. The summed E-state index contributed by atoms with van der Waals surface area (Å²) in [6.45, 7) is 0. The average molecular weight is 327 g/mol. The molecule has 0 spiro atoms. The van der Waals surface area contributed by atoms with Crippen LogP contribution in [0.1, 0.15) is 5.56 Å². The highest BCUT2D eigenvalue weighted by molar-refractivity contribution is 9.10. The van der Waals surface area contributed by atoms with Gasteiger partial charge >= 0.3 is 5.69 Å². The van der Waals surface area contributed by atoms with E-state index in [-0.39, 0.29) is 5.15 Å². The number of halogens is 2. The quantitative estimate of drug-likeness (QED) is 0.812. The van der Waals surface area contributed by atoms with Crippen LogP contribution < -0.4 is 11.2 Å². The summed E-state index contributed by atoms with van der Waals surface area (Å²) in [7, 11) is 0. The van der Waals surface area contributed by atoms with Gasteiger partial charge in [-0.05, 0) is 34.1 Å². The fourth-order valence-electron chi connectivity index (χ4n) is 1.45. The average Bonchev–Trinajstić information content (AvgIpc) is 2.29. The minimum absolute atomic E-state index is 0.0222. The summed E-state index contributed by atoms with van der Waals surface area (Å²) in [4.78, 5) is 25.8. The van der Waals surface area contributed by atoms with Crippen LogP contribution in [0.15, 0.2) is 38.3 Å². The minimum atomic E-state index is -0.641. The molecule has 0 fully saturated rings. The van der Waals surface area contributed by atoms with Gasteiger partial charge < -0.3 is 0 Å². The third-order valence-corrected chi connectivity index (χ3v) is 3.06. The van der Waals surface area contributed by atoms with E-state index in [1.807, 2.05) is 6.07 Å². The molecule has 7 heteroatoms. The third-order valence-electron chi connectivity index (χ3n) is 2.22. The first-order chi connectivity index (χ1) is 8.52. The predicted molar refractivity (Wildman–Crippen MR) is 70.1 cm³/mol. The second-order valence-corrected chi connectivity index (χ2v) is 4.64. The normalized spacial score (nSPS) is 10.1. The van der Waals surface area contributed by atoms with Gasteiger partial charge in [-0.25, -0.2) is 9.36 Å². The number of benzene rings is 1. The van der Waals surface area contributed by atoms with Crippen LogP contribution in [0.4, 0.5) is 0 Å². The van der Waals surface area contributed by atoms with E-state index in [4.69, 9.17) is 16.9 Å². The highest BCUT2D eigenvalue weighted by Crippen LogP contribution is 2.20. The van der Waals surface area contributed by atoms with Crippen molar-refractivity contribution in [3.05, 3.63) is 60.3 Å². The third kappa shape index (κ3) is 2.23. The Bertz CT molecular complexity index is 742. The lowest BCUT2D eigenvalue weighted by Gasteiger charge is -2.06. The van der Waals surface area contributed by atoms with Crippen LogP contribution in [0.2, 0.25) is 5.15 Å². The lowest BCUT2D eigenvalue weighted by Crippen LogP contribution is -2.33. The summed E-state index contributed by atoms with van der Waals surface area (Å²) in [5.74, 6) is 0. The topological polar surface area (TPSA) is 78.7 Å². The summed E-state index contributed by atoms with van der Waals surface area (Å²) in [6.07, 6.45) is 0. The van der Waals surface area contributed by atoms with Gasteiger partial charge in [-0.1, -0.05) is 11.6 Å². The van der Waals surface area contributed by atoms with Crippen molar-refractivity contribution in [2.24, 2.45) is 0 Å². The smallest absolute Gasteiger partial charge is 0.297 e. The highest BCUT2D eigenvalue weighted by Gasteiger charge is 2.09. The van der Waals surface area contributed by atoms with E-state index in [1.165, 1.54) is 18.2 Å². The van der Waals surface area contributed by atoms with Gasteiger partial charge in [-0.15, -0.1) is 0 Å². The van der Waals surface area contributed by atoms with E-state index >= 15 is 0 Å². The SMILES string of the molecule is N#Cc1ccc(-n2c(=O)cc(Cl)[nH]c2=O)c(Br)c1. The Balaban J connectivity index is 2.75. The maximum atomic E-state index is 11.7. The highest BCUT2D eigenvalue weighted by atomic mass is 79.9. The Morgan fingerprint density at radius 1 is 1.33 bits per heavy atom. The minimum Gasteiger partial charge on any atom is -0.297 e. The molecule has 1 heterocycles. The fourth-order valence-corrected chi connectivity index (χ4v) is 2.18. The fraction of sp³-hybridized carbons (Fsp3) is 0. The first-order valence-electron chi connectivity index (χ1n) is 4.75. The van der Waals surface area contributed by atoms with Gasteiger partial charge in [0.15, 0.2) is 0 Å². The van der Waals surface area contributed by atoms with Crippen LogP contribution in [0.5, 0.6) is 0 Å².